The number of hydrogen-bond donors (Lipinski definition) is 1. The van der Waals surface area contributed by atoms with Crippen LogP contribution in [-0.2, 0) is 19.6 Å². The molecule has 27 heavy (non-hydrogen) atoms. The number of benzene rings is 1. The van der Waals surface area contributed by atoms with Crippen molar-refractivity contribution in [2.24, 2.45) is 4.58 Å². The van der Waals surface area contributed by atoms with Crippen molar-refractivity contribution in [3.05, 3.63) is 34.2 Å². The van der Waals surface area contributed by atoms with Crippen LogP contribution in [-0.4, -0.2) is 56.8 Å². The summed E-state index contributed by atoms with van der Waals surface area (Å²) in [4.78, 5) is 25.6. The SMILES string of the molecule is CCOC(=O)C(NS(=O)(=O)c1ccccc1Cl)C1(SN=O)CCN(C)CC1. The fourth-order valence-electron chi connectivity index (χ4n) is 2.98. The summed E-state index contributed by atoms with van der Waals surface area (Å²) in [7, 11) is -2.21. The molecule has 1 saturated heterocycles. The van der Waals surface area contributed by atoms with E-state index in [4.69, 9.17) is 16.3 Å². The van der Waals surface area contributed by atoms with Crippen molar-refractivity contribution < 1.29 is 17.9 Å². The molecule has 2 rings (SSSR count). The first-order chi connectivity index (χ1) is 12.8. The number of carbonyl (C=O) groups excluding carboxylic acids is 1. The standard InChI is InChI=1S/C16H22ClN3O5S2/c1-3-25-15(21)14(16(26-19-22)8-10-20(2)11-9-16)18-27(23,24)13-7-5-4-6-12(13)17/h4-7,14,18H,3,8-11H2,1-2H3. The van der Waals surface area contributed by atoms with Gasteiger partial charge in [-0.25, -0.2) is 8.42 Å². The Hall–Kier alpha value is -1.20. The summed E-state index contributed by atoms with van der Waals surface area (Å²) >= 11 is 6.70. The molecule has 0 aromatic heterocycles. The molecule has 1 aromatic rings. The number of rotatable bonds is 8. The molecule has 0 bridgehead atoms. The van der Waals surface area contributed by atoms with Crippen molar-refractivity contribution in [1.29, 1.82) is 0 Å². The molecule has 0 radical (unpaired) electrons. The predicted octanol–water partition coefficient (Wildman–Crippen LogP) is 2.43. The molecule has 8 nitrogen and oxygen atoms in total. The number of sulfonamides is 1. The lowest BCUT2D eigenvalue weighted by molar-refractivity contribution is -0.146. The Bertz CT molecular complexity index is 782. The minimum Gasteiger partial charge on any atom is -0.465 e. The third-order valence-corrected chi connectivity index (χ3v) is 7.50. The van der Waals surface area contributed by atoms with E-state index in [0.29, 0.717) is 37.9 Å². The van der Waals surface area contributed by atoms with Gasteiger partial charge in [-0.05, 0) is 52.0 Å². The van der Waals surface area contributed by atoms with E-state index in [0.717, 1.165) is 0 Å². The van der Waals surface area contributed by atoms with Gasteiger partial charge in [0.1, 0.15) is 10.9 Å². The van der Waals surface area contributed by atoms with Crippen molar-refractivity contribution in [1.82, 2.24) is 9.62 Å². The van der Waals surface area contributed by atoms with Gasteiger partial charge >= 0.3 is 5.97 Å². The fourth-order valence-corrected chi connectivity index (χ4v) is 5.61. The number of esters is 1. The summed E-state index contributed by atoms with van der Waals surface area (Å²) < 4.78 is 35.2. The van der Waals surface area contributed by atoms with Crippen molar-refractivity contribution >= 4 is 39.5 Å². The summed E-state index contributed by atoms with van der Waals surface area (Å²) in [6.07, 6.45) is 0.795. The second-order valence-corrected chi connectivity index (χ2v) is 9.50. The molecular weight excluding hydrogens is 414 g/mol. The lowest BCUT2D eigenvalue weighted by atomic mass is 9.88. The molecule has 0 amide bonds. The lowest BCUT2D eigenvalue weighted by Gasteiger charge is -2.41. The summed E-state index contributed by atoms with van der Waals surface area (Å²) in [6, 6.07) is 4.67. The van der Waals surface area contributed by atoms with Crippen molar-refractivity contribution in [2.45, 2.75) is 35.4 Å². The van der Waals surface area contributed by atoms with Crippen LogP contribution >= 0.6 is 23.5 Å². The van der Waals surface area contributed by atoms with Crippen LogP contribution in [0.2, 0.25) is 5.02 Å². The molecule has 0 aliphatic carbocycles. The first kappa shape index (κ1) is 22.1. The molecule has 1 aliphatic heterocycles. The van der Waals surface area contributed by atoms with Crippen LogP contribution in [0.5, 0.6) is 0 Å². The quantitative estimate of drug-likeness (QED) is 0.379. The molecule has 150 valence electrons. The van der Waals surface area contributed by atoms with Gasteiger partial charge in [0, 0.05) is 16.5 Å². The maximum atomic E-state index is 12.9. The maximum absolute atomic E-state index is 12.9. The number of nitrogens with one attached hydrogen (secondary N) is 1. The molecule has 1 aliphatic rings. The van der Waals surface area contributed by atoms with Crippen molar-refractivity contribution in [3.8, 4) is 0 Å². The van der Waals surface area contributed by atoms with E-state index in [2.05, 4.69) is 9.30 Å². The number of halogens is 1. The van der Waals surface area contributed by atoms with Gasteiger partial charge in [0.15, 0.2) is 0 Å². The third-order valence-electron chi connectivity index (χ3n) is 4.50. The lowest BCUT2D eigenvalue weighted by Crippen LogP contribution is -2.59. The van der Waals surface area contributed by atoms with E-state index < -0.39 is 26.8 Å². The largest absolute Gasteiger partial charge is 0.465 e. The normalized spacial score (nSPS) is 18.6. The van der Waals surface area contributed by atoms with Crippen LogP contribution in [0.25, 0.3) is 0 Å². The van der Waals surface area contributed by atoms with Crippen LogP contribution < -0.4 is 4.72 Å². The Morgan fingerprint density at radius 3 is 2.59 bits per heavy atom. The maximum Gasteiger partial charge on any atom is 0.325 e. The Labute approximate surface area is 168 Å². The molecule has 1 aromatic carbocycles. The average Bonchev–Trinajstić information content (AvgIpc) is 2.62. The second kappa shape index (κ2) is 9.33. The van der Waals surface area contributed by atoms with Gasteiger partial charge in [0.2, 0.25) is 10.0 Å². The van der Waals surface area contributed by atoms with Crippen LogP contribution in [0.4, 0.5) is 0 Å². The fraction of sp³-hybridized carbons (Fsp3) is 0.562. The van der Waals surface area contributed by atoms with Crippen molar-refractivity contribution in [3.63, 3.8) is 0 Å². The zero-order valence-electron chi connectivity index (χ0n) is 15.1. The Kier molecular flexibility index (Phi) is 7.64. The predicted molar refractivity (Wildman–Crippen MR) is 105 cm³/mol. The molecule has 1 N–H and O–H groups in total. The van der Waals surface area contributed by atoms with E-state index >= 15 is 0 Å². The van der Waals surface area contributed by atoms with Gasteiger partial charge < -0.3 is 9.64 Å². The van der Waals surface area contributed by atoms with Gasteiger partial charge in [-0.1, -0.05) is 23.7 Å². The Balaban J connectivity index is 2.43. The number of likely N-dealkylation sites (tertiary alicyclic amines) is 1. The first-order valence-corrected chi connectivity index (χ1v) is 11.0. The number of carbonyl (C=O) groups is 1. The zero-order valence-corrected chi connectivity index (χ0v) is 17.4. The van der Waals surface area contributed by atoms with Crippen LogP contribution in [0.3, 0.4) is 0 Å². The van der Waals surface area contributed by atoms with Gasteiger partial charge in [-0.3, -0.25) is 4.79 Å². The summed E-state index contributed by atoms with van der Waals surface area (Å²) in [6.45, 7) is 2.89. The number of piperidine rings is 1. The summed E-state index contributed by atoms with van der Waals surface area (Å²) in [5.41, 5.74) is 0. The van der Waals surface area contributed by atoms with E-state index in [1.54, 1.807) is 13.0 Å². The minimum atomic E-state index is -4.13. The van der Waals surface area contributed by atoms with Crippen LogP contribution in [0, 0.1) is 4.91 Å². The number of nitrogens with zero attached hydrogens (tertiary/aromatic N) is 2. The van der Waals surface area contributed by atoms with E-state index in [1.807, 2.05) is 11.9 Å². The average molecular weight is 436 g/mol. The smallest absolute Gasteiger partial charge is 0.325 e. The topological polar surface area (TPSA) is 105 Å². The zero-order chi connectivity index (χ0) is 20.1. The van der Waals surface area contributed by atoms with Crippen LogP contribution in [0.15, 0.2) is 33.7 Å². The summed E-state index contributed by atoms with van der Waals surface area (Å²) in [5, 5.41) is 0.0335. The summed E-state index contributed by atoms with van der Waals surface area (Å²) in [5.74, 6) is -0.742. The first-order valence-electron chi connectivity index (χ1n) is 8.38. The molecule has 1 unspecified atom stereocenters. The van der Waals surface area contributed by atoms with Crippen molar-refractivity contribution in [2.75, 3.05) is 26.7 Å². The molecule has 11 heteroatoms. The number of hydrogen-bond acceptors (Lipinski definition) is 8. The highest BCUT2D eigenvalue weighted by molar-refractivity contribution is 7.99. The number of nitroso groups, excluding NO2 is 1. The second-order valence-electron chi connectivity index (χ2n) is 6.27. The van der Waals surface area contributed by atoms with Gasteiger partial charge in [0.05, 0.1) is 16.4 Å². The van der Waals surface area contributed by atoms with E-state index in [-0.39, 0.29) is 16.5 Å². The highest BCUT2D eigenvalue weighted by Gasteiger charge is 2.49. The molecule has 1 heterocycles. The highest BCUT2D eigenvalue weighted by Crippen LogP contribution is 2.41. The van der Waals surface area contributed by atoms with Gasteiger partial charge in [-0.2, -0.15) is 4.72 Å². The van der Waals surface area contributed by atoms with Gasteiger partial charge in [0.25, 0.3) is 0 Å². The minimum absolute atomic E-state index is 0.0335. The highest BCUT2D eigenvalue weighted by atomic mass is 35.5. The molecule has 1 fully saturated rings. The Morgan fingerprint density at radius 1 is 1.41 bits per heavy atom. The van der Waals surface area contributed by atoms with E-state index in [1.165, 1.54) is 18.2 Å². The van der Waals surface area contributed by atoms with Crippen LogP contribution in [0.1, 0.15) is 19.8 Å². The monoisotopic (exact) mass is 435 g/mol. The molecule has 0 saturated carbocycles. The Morgan fingerprint density at radius 2 is 2.04 bits per heavy atom. The molecule has 0 spiro atoms. The number of ether oxygens (including phenoxy) is 1. The van der Waals surface area contributed by atoms with E-state index in [9.17, 15) is 18.1 Å². The third kappa shape index (κ3) is 5.20. The van der Waals surface area contributed by atoms with Gasteiger partial charge in [-0.15, -0.1) is 4.91 Å². The molecular formula is C16H22ClN3O5S2. The molecule has 1 atom stereocenters.